The average Bonchev–Trinajstić information content (AvgIpc) is 3.26. The highest BCUT2D eigenvalue weighted by Gasteiger charge is 2.51. The number of nitrogens with one attached hydrogen (secondary N) is 2. The largest absolute Gasteiger partial charge is 0.598 e. The second-order valence-electron chi connectivity index (χ2n) is 9.44. The molecule has 0 bridgehead atoms. The van der Waals surface area contributed by atoms with Gasteiger partial charge in [-0.3, -0.25) is 10.1 Å². The van der Waals surface area contributed by atoms with Crippen molar-refractivity contribution in [1.82, 2.24) is 29.9 Å². The van der Waals surface area contributed by atoms with Crippen LogP contribution in [0.25, 0.3) is 11.2 Å². The van der Waals surface area contributed by atoms with Crippen LogP contribution in [-0.2, 0) is 17.8 Å². The summed E-state index contributed by atoms with van der Waals surface area (Å²) in [6.45, 7) is 7.77. The van der Waals surface area contributed by atoms with Gasteiger partial charge in [0.15, 0.2) is 0 Å². The molecule has 2 aliphatic rings. The summed E-state index contributed by atoms with van der Waals surface area (Å²) in [4.78, 5) is 16.2. The second-order valence-corrected chi connectivity index (χ2v) is 12.5. The molecule has 31 heavy (non-hydrogen) atoms. The van der Waals surface area contributed by atoms with Crippen molar-refractivity contribution in [2.24, 2.45) is 5.41 Å². The second kappa shape index (κ2) is 7.82. The Morgan fingerprint density at radius 2 is 2.06 bits per heavy atom. The van der Waals surface area contributed by atoms with Crippen LogP contribution in [0.1, 0.15) is 50.9 Å². The van der Waals surface area contributed by atoms with Crippen molar-refractivity contribution < 1.29 is 4.55 Å². The predicted molar refractivity (Wildman–Crippen MR) is 130 cm³/mol. The fourth-order valence-corrected chi connectivity index (χ4v) is 6.10. The number of hydrogen-bond acceptors (Lipinski definition) is 7. The maximum absolute atomic E-state index is 13.0. The van der Waals surface area contributed by atoms with Crippen molar-refractivity contribution in [3.63, 3.8) is 0 Å². The lowest BCUT2D eigenvalue weighted by molar-refractivity contribution is 0.175. The monoisotopic (exact) mass is 551 g/mol. The van der Waals surface area contributed by atoms with Gasteiger partial charge in [-0.05, 0) is 74.3 Å². The molecule has 2 atom stereocenters. The number of halogens is 1. The van der Waals surface area contributed by atoms with Crippen LogP contribution in [0.2, 0.25) is 0 Å². The van der Waals surface area contributed by atoms with Crippen LogP contribution in [0, 0.1) is 9.12 Å². The Kier molecular flexibility index (Phi) is 5.39. The molecule has 5 rings (SSSR count). The van der Waals surface area contributed by atoms with Gasteiger partial charge in [0.25, 0.3) is 0 Å². The lowest BCUT2D eigenvalue weighted by Crippen LogP contribution is -2.49. The van der Waals surface area contributed by atoms with Gasteiger partial charge in [-0.25, -0.2) is 9.97 Å². The quantitative estimate of drug-likeness (QED) is 0.380. The van der Waals surface area contributed by atoms with Gasteiger partial charge in [0.1, 0.15) is 19.8 Å². The highest BCUT2D eigenvalue weighted by atomic mass is 127. The number of pyridine rings is 1. The number of nitrogens with zero attached hydrogens (tertiary/aromatic N) is 5. The molecule has 1 aliphatic heterocycles. The molecule has 2 N–H and O–H groups in total. The molecule has 4 heterocycles. The first kappa shape index (κ1) is 21.4. The summed E-state index contributed by atoms with van der Waals surface area (Å²) < 4.78 is 17.1. The topological polar surface area (TPSA) is 106 Å². The molecule has 1 aliphatic carbocycles. The Morgan fingerprint density at radius 1 is 1.29 bits per heavy atom. The molecule has 0 saturated carbocycles. The summed E-state index contributed by atoms with van der Waals surface area (Å²) in [6, 6.07) is 4.16. The van der Waals surface area contributed by atoms with E-state index in [0.29, 0.717) is 5.65 Å². The van der Waals surface area contributed by atoms with E-state index >= 15 is 0 Å². The Bertz CT molecular complexity index is 1110. The minimum atomic E-state index is -1.15. The maximum Gasteiger partial charge on any atom is 0.202 e. The predicted octanol–water partition coefficient (Wildman–Crippen LogP) is 3.29. The molecule has 0 aromatic carbocycles. The molecule has 3 aromatic heterocycles. The minimum absolute atomic E-state index is 0.00728. The van der Waals surface area contributed by atoms with E-state index in [1.807, 2.05) is 39.2 Å². The molecule has 0 radical (unpaired) electrons. The third-order valence-electron chi connectivity index (χ3n) is 6.44. The van der Waals surface area contributed by atoms with Crippen molar-refractivity contribution in [2.75, 3.05) is 18.0 Å². The molecule has 1 unspecified atom stereocenters. The summed E-state index contributed by atoms with van der Waals surface area (Å²) in [5.74, 6) is 0.863. The van der Waals surface area contributed by atoms with Gasteiger partial charge in [0.05, 0.1) is 12.2 Å². The van der Waals surface area contributed by atoms with E-state index in [-0.39, 0.29) is 16.2 Å². The highest BCUT2D eigenvalue weighted by molar-refractivity contribution is 14.1. The van der Waals surface area contributed by atoms with E-state index < -0.39 is 11.4 Å². The van der Waals surface area contributed by atoms with Crippen LogP contribution in [0.3, 0.4) is 0 Å². The number of H-pyrrole nitrogens is 1. The van der Waals surface area contributed by atoms with Gasteiger partial charge in [0, 0.05) is 41.8 Å². The zero-order valence-corrected chi connectivity index (χ0v) is 20.8. The third-order valence-corrected chi connectivity index (χ3v) is 8.76. The van der Waals surface area contributed by atoms with Crippen LogP contribution in [0.15, 0.2) is 24.5 Å². The first-order chi connectivity index (χ1) is 14.8. The number of fused-ring (bicyclic) bond motifs is 2. The lowest BCUT2D eigenvalue weighted by Gasteiger charge is -2.44. The molecular formula is C21H26IN7OS. The number of rotatable bonds is 3. The molecule has 10 heteroatoms. The molecule has 164 valence electrons. The van der Waals surface area contributed by atoms with Crippen LogP contribution in [-0.4, -0.2) is 47.5 Å². The van der Waals surface area contributed by atoms with Crippen molar-refractivity contribution >= 4 is 50.9 Å². The zero-order valence-electron chi connectivity index (χ0n) is 17.9. The summed E-state index contributed by atoms with van der Waals surface area (Å²) in [5.41, 5.74) is 3.80. The Hall–Kier alpha value is -1.50. The van der Waals surface area contributed by atoms with E-state index in [1.54, 1.807) is 0 Å². The smallest absolute Gasteiger partial charge is 0.202 e. The Balaban J connectivity index is 1.39. The summed E-state index contributed by atoms with van der Waals surface area (Å²) in [7, 11) is 0. The van der Waals surface area contributed by atoms with E-state index in [0.717, 1.165) is 53.1 Å². The van der Waals surface area contributed by atoms with Crippen LogP contribution >= 0.6 is 22.6 Å². The lowest BCUT2D eigenvalue weighted by atomic mass is 9.73. The summed E-state index contributed by atoms with van der Waals surface area (Å²) in [6.07, 6.45) is 6.56. The molecule has 1 spiro atoms. The van der Waals surface area contributed by atoms with Crippen LogP contribution < -0.4 is 9.62 Å². The van der Waals surface area contributed by atoms with Gasteiger partial charge in [-0.15, -0.1) is 4.72 Å². The number of piperidine rings is 1. The normalized spacial score (nSPS) is 21.6. The Morgan fingerprint density at radius 3 is 2.81 bits per heavy atom. The average molecular weight is 551 g/mol. The van der Waals surface area contributed by atoms with E-state index in [9.17, 15) is 4.55 Å². The van der Waals surface area contributed by atoms with Gasteiger partial charge in [0.2, 0.25) is 5.65 Å². The van der Waals surface area contributed by atoms with Gasteiger partial charge in [-0.2, -0.15) is 5.10 Å². The van der Waals surface area contributed by atoms with Gasteiger partial charge < -0.3 is 9.45 Å². The Labute approximate surface area is 198 Å². The first-order valence-electron chi connectivity index (χ1n) is 10.5. The van der Waals surface area contributed by atoms with Gasteiger partial charge >= 0.3 is 0 Å². The number of aromatic amines is 1. The molecule has 1 saturated heterocycles. The van der Waals surface area contributed by atoms with E-state index in [1.165, 1.54) is 5.56 Å². The fraction of sp³-hybridized carbons (Fsp3) is 0.524. The zero-order chi connectivity index (χ0) is 21.8. The number of aromatic nitrogens is 5. The van der Waals surface area contributed by atoms with Crippen LogP contribution in [0.5, 0.6) is 0 Å². The van der Waals surface area contributed by atoms with Crippen LogP contribution in [0.4, 0.5) is 5.82 Å². The standard InChI is InChI=1S/C21H26IN7OS/c1-20(2,3)31(30)28-17-13-5-4-8-23-14(13)11-21(17)6-9-29(10-7-21)15-12-24-16-18(22)26-27-19(16)25-15/h4-5,8,12,17,28H,6-7,9-11H2,1-3H3,(H,25,26,27)/t17-,31?/m1/s1. The molecule has 3 aromatic rings. The first-order valence-corrected chi connectivity index (χ1v) is 12.7. The van der Waals surface area contributed by atoms with Crippen molar-refractivity contribution in [2.45, 2.75) is 50.8 Å². The summed E-state index contributed by atoms with van der Waals surface area (Å²) in [5, 5.41) is 7.20. The molecule has 0 amide bonds. The van der Waals surface area contributed by atoms with Crippen molar-refractivity contribution in [3.05, 3.63) is 39.5 Å². The van der Waals surface area contributed by atoms with Crippen molar-refractivity contribution in [3.8, 4) is 0 Å². The molecule has 1 fully saturated rings. The summed E-state index contributed by atoms with van der Waals surface area (Å²) >= 11 is 1.04. The maximum atomic E-state index is 13.0. The SMILES string of the molecule is CC(C)(C)[S+]([O-])N[C@@H]1c2cccnc2CC12CCN(c1cnc3c(I)[nH]nc3n1)CC2. The van der Waals surface area contributed by atoms with E-state index in [2.05, 4.69) is 58.4 Å². The van der Waals surface area contributed by atoms with Crippen molar-refractivity contribution in [1.29, 1.82) is 0 Å². The number of anilines is 1. The van der Waals surface area contributed by atoms with E-state index in [4.69, 9.17) is 4.98 Å². The third kappa shape index (κ3) is 3.81. The highest BCUT2D eigenvalue weighted by Crippen LogP contribution is 2.52. The minimum Gasteiger partial charge on any atom is -0.598 e. The number of hydrogen-bond donors (Lipinski definition) is 2. The fourth-order valence-electron chi connectivity index (χ4n) is 4.66. The van der Waals surface area contributed by atoms with Gasteiger partial charge in [-0.1, -0.05) is 6.07 Å². The molecular weight excluding hydrogens is 525 g/mol. The molecule has 8 nitrogen and oxygen atoms in total.